The molecule has 9 heteroatoms. The molecule has 2 aromatic heterocycles. The highest BCUT2D eigenvalue weighted by atomic mass is 35.5. The minimum atomic E-state index is 0.289. The van der Waals surface area contributed by atoms with Crippen molar-refractivity contribution in [1.82, 2.24) is 19.9 Å². The van der Waals surface area contributed by atoms with Crippen LogP contribution in [0, 0.1) is 0 Å². The zero-order valence-electron chi connectivity index (χ0n) is 14.4. The van der Waals surface area contributed by atoms with Crippen LogP contribution in [0.25, 0.3) is 22.8 Å². The van der Waals surface area contributed by atoms with Gasteiger partial charge in [-0.3, -0.25) is 0 Å². The van der Waals surface area contributed by atoms with E-state index in [0.29, 0.717) is 45.7 Å². The second-order valence-corrected chi connectivity index (χ2v) is 5.44. The number of pyridine rings is 1. The predicted molar refractivity (Wildman–Crippen MR) is 97.6 cm³/mol. The predicted octanol–water partition coefficient (Wildman–Crippen LogP) is 2.86. The molecule has 0 aliphatic heterocycles. The molecule has 0 radical (unpaired) electrons. The molecule has 0 atom stereocenters. The quantitative estimate of drug-likeness (QED) is 0.537. The van der Waals surface area contributed by atoms with E-state index in [2.05, 4.69) is 19.9 Å². The smallest absolute Gasteiger partial charge is 0.204 e. The van der Waals surface area contributed by atoms with Gasteiger partial charge in [-0.25, -0.2) is 19.9 Å². The molecule has 3 aromatic rings. The molecule has 134 valence electrons. The van der Waals surface area contributed by atoms with Crippen molar-refractivity contribution in [3.8, 4) is 40.0 Å². The highest BCUT2D eigenvalue weighted by molar-refractivity contribution is 6.31. The fourth-order valence-corrected chi connectivity index (χ4v) is 2.71. The van der Waals surface area contributed by atoms with Crippen molar-refractivity contribution >= 4 is 17.3 Å². The van der Waals surface area contributed by atoms with E-state index in [0.717, 1.165) is 0 Å². The fraction of sp³-hybridized carbons (Fsp3) is 0.176. The summed E-state index contributed by atoms with van der Waals surface area (Å²) in [6.45, 7) is 0. The van der Waals surface area contributed by atoms with E-state index in [1.165, 1.54) is 27.7 Å². The maximum atomic E-state index is 6.19. The summed E-state index contributed by atoms with van der Waals surface area (Å²) < 4.78 is 16.2. The summed E-state index contributed by atoms with van der Waals surface area (Å²) in [6.07, 6.45) is 2.96. The Morgan fingerprint density at radius 1 is 0.962 bits per heavy atom. The third kappa shape index (κ3) is 3.06. The fourth-order valence-electron chi connectivity index (χ4n) is 2.51. The standard InChI is InChI=1S/C17H16ClN5O3/c1-24-11-7-10(19)12(14(26-3)13(11)25-2)17-22-8-21-16(23-17)9-5-4-6-20-15(9)18/h4-8H,19H2,1-3H3. The Morgan fingerprint density at radius 2 is 1.69 bits per heavy atom. The number of benzene rings is 1. The van der Waals surface area contributed by atoms with Crippen LogP contribution in [0.1, 0.15) is 0 Å². The number of nitrogens with zero attached hydrogens (tertiary/aromatic N) is 4. The average Bonchev–Trinajstić information content (AvgIpc) is 2.67. The Labute approximate surface area is 155 Å². The van der Waals surface area contributed by atoms with Crippen molar-refractivity contribution < 1.29 is 14.2 Å². The summed E-state index contributed by atoms with van der Waals surface area (Å²) >= 11 is 6.14. The summed E-state index contributed by atoms with van der Waals surface area (Å²) in [7, 11) is 4.52. The van der Waals surface area contributed by atoms with Crippen LogP contribution in [0.3, 0.4) is 0 Å². The van der Waals surface area contributed by atoms with Crippen LogP contribution in [0.2, 0.25) is 5.15 Å². The monoisotopic (exact) mass is 373 g/mol. The van der Waals surface area contributed by atoms with Gasteiger partial charge in [0.15, 0.2) is 23.1 Å². The molecule has 0 saturated carbocycles. The Morgan fingerprint density at radius 3 is 2.35 bits per heavy atom. The molecule has 2 heterocycles. The number of aromatic nitrogens is 4. The maximum Gasteiger partial charge on any atom is 0.204 e. The van der Waals surface area contributed by atoms with Gasteiger partial charge in [0.1, 0.15) is 11.5 Å². The molecular weight excluding hydrogens is 358 g/mol. The number of ether oxygens (including phenoxy) is 3. The summed E-state index contributed by atoms with van der Waals surface area (Å²) in [5.41, 5.74) is 7.61. The molecule has 0 unspecified atom stereocenters. The second-order valence-electron chi connectivity index (χ2n) is 5.08. The first-order valence-electron chi connectivity index (χ1n) is 7.49. The van der Waals surface area contributed by atoms with E-state index >= 15 is 0 Å². The van der Waals surface area contributed by atoms with Gasteiger partial charge in [0.05, 0.1) is 38.1 Å². The van der Waals surface area contributed by atoms with Crippen LogP contribution in [0.5, 0.6) is 17.2 Å². The Kier molecular flexibility index (Phi) is 5.04. The number of halogens is 1. The molecule has 0 aliphatic carbocycles. The van der Waals surface area contributed by atoms with Gasteiger partial charge in [0.2, 0.25) is 5.75 Å². The lowest BCUT2D eigenvalue weighted by Crippen LogP contribution is -2.04. The highest BCUT2D eigenvalue weighted by Gasteiger charge is 2.23. The first-order valence-corrected chi connectivity index (χ1v) is 7.87. The largest absolute Gasteiger partial charge is 0.493 e. The molecule has 8 nitrogen and oxygen atoms in total. The van der Waals surface area contributed by atoms with E-state index in [1.54, 1.807) is 24.4 Å². The lowest BCUT2D eigenvalue weighted by molar-refractivity contribution is 0.325. The molecule has 2 N–H and O–H groups in total. The minimum Gasteiger partial charge on any atom is -0.493 e. The summed E-state index contributed by atoms with van der Waals surface area (Å²) in [6, 6.07) is 5.14. The molecule has 0 fully saturated rings. The van der Waals surface area contributed by atoms with Crippen LogP contribution < -0.4 is 19.9 Å². The molecule has 1 aromatic carbocycles. The van der Waals surface area contributed by atoms with Crippen molar-refractivity contribution in [1.29, 1.82) is 0 Å². The van der Waals surface area contributed by atoms with Crippen LogP contribution >= 0.6 is 11.6 Å². The minimum absolute atomic E-state index is 0.289. The topological polar surface area (TPSA) is 105 Å². The molecule has 0 aliphatic rings. The van der Waals surface area contributed by atoms with Crippen molar-refractivity contribution in [2.45, 2.75) is 0 Å². The zero-order valence-corrected chi connectivity index (χ0v) is 15.1. The van der Waals surface area contributed by atoms with Crippen LogP contribution in [0.15, 0.2) is 30.7 Å². The number of rotatable bonds is 5. The lowest BCUT2D eigenvalue weighted by atomic mass is 10.1. The van der Waals surface area contributed by atoms with E-state index < -0.39 is 0 Å². The summed E-state index contributed by atoms with van der Waals surface area (Å²) in [5.74, 6) is 1.86. The number of methoxy groups -OCH3 is 3. The number of hydrogen-bond donors (Lipinski definition) is 1. The number of nitrogen functional groups attached to an aromatic ring is 1. The second kappa shape index (κ2) is 7.40. The molecular formula is C17H16ClN5O3. The van der Waals surface area contributed by atoms with Crippen molar-refractivity contribution in [2.24, 2.45) is 0 Å². The zero-order chi connectivity index (χ0) is 18.7. The Hall–Kier alpha value is -3.13. The molecule has 0 spiro atoms. The number of nitrogens with two attached hydrogens (primary N) is 1. The van der Waals surface area contributed by atoms with Gasteiger partial charge in [-0.1, -0.05) is 11.6 Å². The Bertz CT molecular complexity index is 952. The molecule has 0 amide bonds. The SMILES string of the molecule is COc1cc(N)c(-c2ncnc(-c3cccnc3Cl)n2)c(OC)c1OC. The number of hydrogen-bond acceptors (Lipinski definition) is 8. The molecule has 3 rings (SSSR count). The van der Waals surface area contributed by atoms with E-state index in [1.807, 2.05) is 0 Å². The average molecular weight is 374 g/mol. The van der Waals surface area contributed by atoms with Gasteiger partial charge < -0.3 is 19.9 Å². The summed E-state index contributed by atoms with van der Waals surface area (Å²) in [4.78, 5) is 16.9. The normalized spacial score (nSPS) is 10.5. The van der Waals surface area contributed by atoms with Gasteiger partial charge in [-0.2, -0.15) is 0 Å². The number of anilines is 1. The third-order valence-electron chi connectivity index (χ3n) is 3.66. The van der Waals surface area contributed by atoms with Crippen molar-refractivity contribution in [2.75, 3.05) is 27.1 Å². The van der Waals surface area contributed by atoms with Gasteiger partial charge in [0, 0.05) is 12.3 Å². The van der Waals surface area contributed by atoms with E-state index in [9.17, 15) is 0 Å². The molecule has 0 bridgehead atoms. The highest BCUT2D eigenvalue weighted by Crippen LogP contribution is 2.47. The van der Waals surface area contributed by atoms with Gasteiger partial charge >= 0.3 is 0 Å². The van der Waals surface area contributed by atoms with Gasteiger partial charge in [-0.05, 0) is 12.1 Å². The molecule has 0 saturated heterocycles. The van der Waals surface area contributed by atoms with Gasteiger partial charge in [0.25, 0.3) is 0 Å². The summed E-state index contributed by atoms with van der Waals surface area (Å²) in [5, 5.41) is 0.289. The van der Waals surface area contributed by atoms with Crippen LogP contribution in [0.4, 0.5) is 5.69 Å². The first-order chi connectivity index (χ1) is 12.6. The first kappa shape index (κ1) is 17.7. The third-order valence-corrected chi connectivity index (χ3v) is 3.96. The van der Waals surface area contributed by atoms with E-state index in [4.69, 9.17) is 31.5 Å². The maximum absolute atomic E-state index is 6.19. The van der Waals surface area contributed by atoms with Crippen molar-refractivity contribution in [3.05, 3.63) is 35.9 Å². The van der Waals surface area contributed by atoms with Crippen LogP contribution in [-0.4, -0.2) is 41.3 Å². The molecule has 26 heavy (non-hydrogen) atoms. The Balaban J connectivity index is 2.22. The van der Waals surface area contributed by atoms with E-state index in [-0.39, 0.29) is 5.15 Å². The lowest BCUT2D eigenvalue weighted by Gasteiger charge is -2.17. The van der Waals surface area contributed by atoms with Crippen LogP contribution in [-0.2, 0) is 0 Å². The van der Waals surface area contributed by atoms with Gasteiger partial charge in [-0.15, -0.1) is 0 Å². The van der Waals surface area contributed by atoms with Crippen molar-refractivity contribution in [3.63, 3.8) is 0 Å².